The van der Waals surface area contributed by atoms with Gasteiger partial charge in [-0.05, 0) is 39.2 Å². The standard InChI is InChI=1S/C17H23NO2/c1-17(2,3)20-16(19)12-15-10-7-11-18(15)13-14-8-5-4-6-9-14/h4-6,8-9,12H,7,10-11,13H2,1-3H3/b15-12+. The van der Waals surface area contributed by atoms with Crippen LogP contribution in [0.5, 0.6) is 0 Å². The van der Waals surface area contributed by atoms with E-state index in [1.165, 1.54) is 5.56 Å². The third kappa shape index (κ3) is 4.41. The van der Waals surface area contributed by atoms with Crippen LogP contribution in [0.25, 0.3) is 0 Å². The minimum atomic E-state index is -0.434. The van der Waals surface area contributed by atoms with Crippen LogP contribution >= 0.6 is 0 Å². The topological polar surface area (TPSA) is 29.5 Å². The van der Waals surface area contributed by atoms with Crippen molar-refractivity contribution in [3.05, 3.63) is 47.7 Å². The summed E-state index contributed by atoms with van der Waals surface area (Å²) in [5, 5.41) is 0. The van der Waals surface area contributed by atoms with Gasteiger partial charge in [-0.1, -0.05) is 30.3 Å². The molecule has 0 bridgehead atoms. The molecule has 0 N–H and O–H groups in total. The molecule has 3 nitrogen and oxygen atoms in total. The number of rotatable bonds is 3. The van der Waals surface area contributed by atoms with Gasteiger partial charge in [-0.3, -0.25) is 0 Å². The minimum Gasteiger partial charge on any atom is -0.457 e. The highest BCUT2D eigenvalue weighted by molar-refractivity contribution is 5.83. The predicted molar refractivity (Wildman–Crippen MR) is 80.0 cm³/mol. The number of allylic oxidation sites excluding steroid dienone is 1. The molecule has 0 radical (unpaired) electrons. The van der Waals surface area contributed by atoms with E-state index in [1.807, 2.05) is 39.0 Å². The van der Waals surface area contributed by atoms with Crippen LogP contribution in [-0.2, 0) is 16.1 Å². The molecule has 1 aromatic rings. The average Bonchev–Trinajstić information content (AvgIpc) is 2.75. The Labute approximate surface area is 121 Å². The second kappa shape index (κ2) is 6.12. The fraction of sp³-hybridized carbons (Fsp3) is 0.471. The van der Waals surface area contributed by atoms with E-state index in [9.17, 15) is 4.79 Å². The summed E-state index contributed by atoms with van der Waals surface area (Å²) in [4.78, 5) is 14.2. The van der Waals surface area contributed by atoms with Crippen LogP contribution in [0.2, 0.25) is 0 Å². The summed E-state index contributed by atoms with van der Waals surface area (Å²) in [6, 6.07) is 10.3. The maximum Gasteiger partial charge on any atom is 0.333 e. The quantitative estimate of drug-likeness (QED) is 0.623. The molecule has 1 heterocycles. The smallest absolute Gasteiger partial charge is 0.333 e. The molecular formula is C17H23NO2. The summed E-state index contributed by atoms with van der Waals surface area (Å²) in [6.45, 7) is 7.53. The van der Waals surface area contributed by atoms with Gasteiger partial charge in [0.25, 0.3) is 0 Å². The van der Waals surface area contributed by atoms with Crippen LogP contribution in [0.1, 0.15) is 39.2 Å². The molecule has 1 saturated heterocycles. The Hall–Kier alpha value is -1.77. The van der Waals surface area contributed by atoms with Crippen molar-refractivity contribution < 1.29 is 9.53 Å². The molecule has 0 unspecified atom stereocenters. The number of nitrogens with zero attached hydrogens (tertiary/aromatic N) is 1. The van der Waals surface area contributed by atoms with Crippen molar-refractivity contribution in [2.45, 2.75) is 45.8 Å². The van der Waals surface area contributed by atoms with E-state index >= 15 is 0 Å². The first-order chi connectivity index (χ1) is 9.44. The Morgan fingerprint density at radius 2 is 2.00 bits per heavy atom. The third-order valence-corrected chi connectivity index (χ3v) is 3.17. The van der Waals surface area contributed by atoms with Gasteiger partial charge in [0.15, 0.2) is 0 Å². The van der Waals surface area contributed by atoms with E-state index in [2.05, 4.69) is 17.0 Å². The maximum atomic E-state index is 11.9. The van der Waals surface area contributed by atoms with E-state index in [-0.39, 0.29) is 5.97 Å². The number of carbonyl (C=O) groups excluding carboxylic acids is 1. The lowest BCUT2D eigenvalue weighted by Crippen LogP contribution is -2.24. The van der Waals surface area contributed by atoms with Crippen molar-refractivity contribution in [1.82, 2.24) is 4.90 Å². The van der Waals surface area contributed by atoms with E-state index in [0.29, 0.717) is 0 Å². The van der Waals surface area contributed by atoms with Gasteiger partial charge in [0, 0.05) is 24.9 Å². The molecular weight excluding hydrogens is 250 g/mol. The molecule has 1 fully saturated rings. The molecule has 0 aliphatic carbocycles. The highest BCUT2D eigenvalue weighted by Crippen LogP contribution is 2.23. The molecule has 0 spiro atoms. The van der Waals surface area contributed by atoms with Crippen LogP contribution in [-0.4, -0.2) is 23.0 Å². The SMILES string of the molecule is CC(C)(C)OC(=O)/C=C1\CCCN1Cc1ccccc1. The summed E-state index contributed by atoms with van der Waals surface area (Å²) in [7, 11) is 0. The van der Waals surface area contributed by atoms with Crippen LogP contribution in [0, 0.1) is 0 Å². The second-order valence-electron chi connectivity index (χ2n) is 6.18. The number of carbonyl (C=O) groups is 1. The lowest BCUT2D eigenvalue weighted by Gasteiger charge is -2.22. The molecule has 2 rings (SSSR count). The van der Waals surface area contributed by atoms with Gasteiger partial charge in [0.1, 0.15) is 5.60 Å². The highest BCUT2D eigenvalue weighted by Gasteiger charge is 2.20. The van der Waals surface area contributed by atoms with Crippen LogP contribution < -0.4 is 0 Å². The van der Waals surface area contributed by atoms with Crippen molar-refractivity contribution in [3.8, 4) is 0 Å². The Kier molecular flexibility index (Phi) is 4.48. The first-order valence-electron chi connectivity index (χ1n) is 7.16. The van der Waals surface area contributed by atoms with E-state index in [1.54, 1.807) is 6.08 Å². The predicted octanol–water partition coefficient (Wildman–Crippen LogP) is 3.51. The lowest BCUT2D eigenvalue weighted by molar-refractivity contribution is -0.148. The monoisotopic (exact) mass is 273 g/mol. The molecule has 3 heteroatoms. The fourth-order valence-corrected chi connectivity index (χ4v) is 2.37. The zero-order valence-electron chi connectivity index (χ0n) is 12.6. The number of ether oxygens (including phenoxy) is 1. The van der Waals surface area contributed by atoms with Gasteiger partial charge in [0.2, 0.25) is 0 Å². The van der Waals surface area contributed by atoms with Crippen LogP contribution in [0.4, 0.5) is 0 Å². The normalized spacial score (nSPS) is 17.6. The summed E-state index contributed by atoms with van der Waals surface area (Å²) < 4.78 is 5.36. The summed E-state index contributed by atoms with van der Waals surface area (Å²) >= 11 is 0. The zero-order valence-corrected chi connectivity index (χ0v) is 12.6. The summed E-state index contributed by atoms with van der Waals surface area (Å²) in [5.41, 5.74) is 1.92. The van der Waals surface area contributed by atoms with Gasteiger partial charge in [0.05, 0.1) is 0 Å². The fourth-order valence-electron chi connectivity index (χ4n) is 2.37. The molecule has 0 amide bonds. The van der Waals surface area contributed by atoms with Gasteiger partial charge in [-0.2, -0.15) is 0 Å². The third-order valence-electron chi connectivity index (χ3n) is 3.17. The average molecular weight is 273 g/mol. The molecule has 0 saturated carbocycles. The van der Waals surface area contributed by atoms with Gasteiger partial charge >= 0.3 is 5.97 Å². The molecule has 1 aromatic carbocycles. The Bertz CT molecular complexity index is 485. The summed E-state index contributed by atoms with van der Waals surface area (Å²) in [5.74, 6) is -0.243. The van der Waals surface area contributed by atoms with Gasteiger partial charge in [-0.15, -0.1) is 0 Å². The van der Waals surface area contributed by atoms with Gasteiger partial charge in [-0.25, -0.2) is 4.79 Å². The first-order valence-corrected chi connectivity index (χ1v) is 7.16. The van der Waals surface area contributed by atoms with Crippen LogP contribution in [0.15, 0.2) is 42.1 Å². The second-order valence-corrected chi connectivity index (χ2v) is 6.18. The van der Waals surface area contributed by atoms with Gasteiger partial charge < -0.3 is 9.64 Å². The van der Waals surface area contributed by atoms with Crippen LogP contribution in [0.3, 0.4) is 0 Å². The number of esters is 1. The Morgan fingerprint density at radius 1 is 1.30 bits per heavy atom. The number of hydrogen-bond acceptors (Lipinski definition) is 3. The Balaban J connectivity index is 2.02. The molecule has 0 atom stereocenters. The van der Waals surface area contributed by atoms with E-state index < -0.39 is 5.60 Å². The molecule has 108 valence electrons. The van der Waals surface area contributed by atoms with Crippen molar-refractivity contribution in [1.29, 1.82) is 0 Å². The zero-order chi connectivity index (χ0) is 14.6. The van der Waals surface area contributed by atoms with E-state index in [0.717, 1.165) is 31.6 Å². The Morgan fingerprint density at radius 3 is 2.65 bits per heavy atom. The lowest BCUT2D eigenvalue weighted by atomic mass is 10.2. The largest absolute Gasteiger partial charge is 0.457 e. The highest BCUT2D eigenvalue weighted by atomic mass is 16.6. The number of hydrogen-bond donors (Lipinski definition) is 0. The molecule has 1 aliphatic rings. The molecule has 1 aliphatic heterocycles. The van der Waals surface area contributed by atoms with E-state index in [4.69, 9.17) is 4.74 Å². The minimum absolute atomic E-state index is 0.243. The van der Waals surface area contributed by atoms with Crippen molar-refractivity contribution in [3.63, 3.8) is 0 Å². The van der Waals surface area contributed by atoms with Crippen molar-refractivity contribution in [2.75, 3.05) is 6.54 Å². The molecule has 0 aromatic heterocycles. The first kappa shape index (κ1) is 14.6. The summed E-state index contributed by atoms with van der Waals surface area (Å²) in [6.07, 6.45) is 3.70. The van der Waals surface area contributed by atoms with Crippen molar-refractivity contribution >= 4 is 5.97 Å². The maximum absolute atomic E-state index is 11.9. The number of benzene rings is 1. The van der Waals surface area contributed by atoms with Crippen molar-refractivity contribution in [2.24, 2.45) is 0 Å². The number of likely N-dealkylation sites (tertiary alicyclic amines) is 1. The molecule has 20 heavy (non-hydrogen) atoms.